The minimum absolute atomic E-state index is 0.163. The lowest BCUT2D eigenvalue weighted by molar-refractivity contribution is -0.143. The number of piperidine rings is 1. The van der Waals surface area contributed by atoms with Crippen LogP contribution in [0, 0.1) is 18.8 Å². The van der Waals surface area contributed by atoms with Gasteiger partial charge in [0.2, 0.25) is 0 Å². The molecule has 0 radical (unpaired) electrons. The zero-order valence-electron chi connectivity index (χ0n) is 14.8. The summed E-state index contributed by atoms with van der Waals surface area (Å²) in [7, 11) is 0. The SMILES string of the molecule is Cc1ccnc(-c2ccc(NC(=O)N3CC(C)CC(C(=O)O)C3)cc2)n1. The van der Waals surface area contributed by atoms with Crippen molar-refractivity contribution in [2.75, 3.05) is 18.4 Å². The van der Waals surface area contributed by atoms with Crippen molar-refractivity contribution >= 4 is 17.7 Å². The van der Waals surface area contributed by atoms with Crippen LogP contribution in [0.25, 0.3) is 11.4 Å². The molecule has 26 heavy (non-hydrogen) atoms. The Hall–Kier alpha value is -2.96. The van der Waals surface area contributed by atoms with Gasteiger partial charge in [0.25, 0.3) is 0 Å². The monoisotopic (exact) mass is 354 g/mol. The fourth-order valence-corrected chi connectivity index (χ4v) is 3.19. The van der Waals surface area contributed by atoms with Crippen molar-refractivity contribution in [1.29, 1.82) is 0 Å². The van der Waals surface area contributed by atoms with Crippen molar-refractivity contribution in [3.8, 4) is 11.4 Å². The van der Waals surface area contributed by atoms with E-state index in [0.717, 1.165) is 11.3 Å². The summed E-state index contributed by atoms with van der Waals surface area (Å²) in [6.45, 7) is 4.67. The standard InChI is InChI=1S/C19H22N4O3/c1-12-9-15(18(24)25)11-23(10-12)19(26)22-16-5-3-14(4-6-16)17-20-8-7-13(2)21-17/h3-8,12,15H,9-11H2,1-2H3,(H,22,26)(H,24,25). The van der Waals surface area contributed by atoms with Gasteiger partial charge in [-0.2, -0.15) is 0 Å². The van der Waals surface area contributed by atoms with Crippen molar-refractivity contribution in [1.82, 2.24) is 14.9 Å². The third-order valence-electron chi connectivity index (χ3n) is 4.49. The molecule has 0 bridgehead atoms. The summed E-state index contributed by atoms with van der Waals surface area (Å²) in [5.41, 5.74) is 2.40. The first-order valence-corrected chi connectivity index (χ1v) is 8.61. The first-order chi connectivity index (χ1) is 12.4. The number of aromatic nitrogens is 2. The van der Waals surface area contributed by atoms with Gasteiger partial charge in [0.1, 0.15) is 0 Å². The molecule has 0 spiro atoms. The molecule has 7 nitrogen and oxygen atoms in total. The number of amides is 2. The molecule has 1 aliphatic heterocycles. The zero-order valence-corrected chi connectivity index (χ0v) is 14.8. The Morgan fingerprint density at radius 3 is 2.58 bits per heavy atom. The van der Waals surface area contributed by atoms with Crippen LogP contribution in [0.15, 0.2) is 36.5 Å². The number of carbonyl (C=O) groups excluding carboxylic acids is 1. The third-order valence-corrected chi connectivity index (χ3v) is 4.49. The molecule has 1 saturated heterocycles. The quantitative estimate of drug-likeness (QED) is 0.883. The van der Waals surface area contributed by atoms with Crippen molar-refractivity contribution < 1.29 is 14.7 Å². The van der Waals surface area contributed by atoms with Crippen molar-refractivity contribution in [3.63, 3.8) is 0 Å². The highest BCUT2D eigenvalue weighted by Crippen LogP contribution is 2.23. The number of hydrogen-bond donors (Lipinski definition) is 2. The van der Waals surface area contributed by atoms with E-state index in [1.54, 1.807) is 23.2 Å². The van der Waals surface area contributed by atoms with Crippen LogP contribution in [0.5, 0.6) is 0 Å². The number of likely N-dealkylation sites (tertiary alicyclic amines) is 1. The summed E-state index contributed by atoms with van der Waals surface area (Å²) < 4.78 is 0. The van der Waals surface area contributed by atoms with Crippen LogP contribution in [0.1, 0.15) is 19.0 Å². The van der Waals surface area contributed by atoms with Gasteiger partial charge in [-0.1, -0.05) is 6.92 Å². The van der Waals surface area contributed by atoms with Gasteiger partial charge in [-0.05, 0) is 49.6 Å². The van der Waals surface area contributed by atoms with Crippen molar-refractivity contribution in [3.05, 3.63) is 42.2 Å². The Morgan fingerprint density at radius 2 is 1.92 bits per heavy atom. The summed E-state index contributed by atoms with van der Waals surface area (Å²) in [5.74, 6) is -0.560. The second-order valence-corrected chi connectivity index (χ2v) is 6.81. The number of urea groups is 1. The van der Waals surface area contributed by atoms with Crippen LogP contribution in [0.4, 0.5) is 10.5 Å². The molecule has 2 unspecified atom stereocenters. The van der Waals surface area contributed by atoms with Gasteiger partial charge in [0, 0.05) is 36.2 Å². The van der Waals surface area contributed by atoms with Crippen LogP contribution in [0.3, 0.4) is 0 Å². The molecular formula is C19H22N4O3. The van der Waals surface area contributed by atoms with Gasteiger partial charge >= 0.3 is 12.0 Å². The Bertz CT molecular complexity index is 807. The van der Waals surface area contributed by atoms with Gasteiger partial charge in [-0.3, -0.25) is 4.79 Å². The van der Waals surface area contributed by atoms with Gasteiger partial charge in [0.15, 0.2) is 5.82 Å². The Labute approximate surface area is 152 Å². The second-order valence-electron chi connectivity index (χ2n) is 6.81. The van der Waals surface area contributed by atoms with E-state index in [-0.39, 0.29) is 18.5 Å². The molecule has 136 valence electrons. The molecule has 1 aromatic heterocycles. The second kappa shape index (κ2) is 7.51. The third kappa shape index (κ3) is 4.17. The van der Waals surface area contributed by atoms with E-state index in [0.29, 0.717) is 24.5 Å². The maximum absolute atomic E-state index is 12.5. The number of nitrogens with zero attached hydrogens (tertiary/aromatic N) is 3. The maximum atomic E-state index is 12.5. The number of nitrogens with one attached hydrogen (secondary N) is 1. The number of anilines is 1. The Kier molecular flexibility index (Phi) is 5.16. The number of carboxylic acid groups (broad SMARTS) is 1. The molecule has 0 saturated carbocycles. The number of aliphatic carboxylic acids is 1. The predicted octanol–water partition coefficient (Wildman–Crippen LogP) is 3.03. The van der Waals surface area contributed by atoms with E-state index in [4.69, 9.17) is 0 Å². The topological polar surface area (TPSA) is 95.4 Å². The molecule has 1 fully saturated rings. The van der Waals surface area contributed by atoms with Crippen LogP contribution in [0.2, 0.25) is 0 Å². The molecule has 3 rings (SSSR count). The van der Waals surface area contributed by atoms with E-state index in [2.05, 4.69) is 15.3 Å². The van der Waals surface area contributed by atoms with Crippen LogP contribution in [-0.2, 0) is 4.79 Å². The largest absolute Gasteiger partial charge is 0.481 e. The van der Waals surface area contributed by atoms with E-state index in [9.17, 15) is 14.7 Å². The lowest BCUT2D eigenvalue weighted by Crippen LogP contribution is -2.47. The minimum Gasteiger partial charge on any atom is -0.481 e. The van der Waals surface area contributed by atoms with Gasteiger partial charge in [-0.15, -0.1) is 0 Å². The van der Waals surface area contributed by atoms with E-state index in [1.807, 2.05) is 32.0 Å². The molecule has 7 heteroatoms. The molecular weight excluding hydrogens is 332 g/mol. The first-order valence-electron chi connectivity index (χ1n) is 8.61. The van der Waals surface area contributed by atoms with E-state index >= 15 is 0 Å². The highest BCUT2D eigenvalue weighted by Gasteiger charge is 2.31. The number of benzene rings is 1. The predicted molar refractivity (Wildman–Crippen MR) is 97.7 cm³/mol. The molecule has 2 atom stereocenters. The summed E-state index contributed by atoms with van der Waals surface area (Å²) in [6, 6.07) is 8.85. The molecule has 2 amide bonds. The molecule has 2 N–H and O–H groups in total. The minimum atomic E-state index is -0.850. The highest BCUT2D eigenvalue weighted by molar-refractivity contribution is 5.90. The Morgan fingerprint density at radius 1 is 1.19 bits per heavy atom. The highest BCUT2D eigenvalue weighted by atomic mass is 16.4. The van der Waals surface area contributed by atoms with E-state index in [1.165, 1.54) is 0 Å². The molecule has 1 aliphatic rings. The first kappa shape index (κ1) is 17.8. The average molecular weight is 354 g/mol. The summed E-state index contributed by atoms with van der Waals surface area (Å²) in [4.78, 5) is 33.9. The van der Waals surface area contributed by atoms with Gasteiger partial charge in [-0.25, -0.2) is 14.8 Å². The van der Waals surface area contributed by atoms with Crippen molar-refractivity contribution in [2.45, 2.75) is 20.3 Å². The summed E-state index contributed by atoms with van der Waals surface area (Å²) >= 11 is 0. The summed E-state index contributed by atoms with van der Waals surface area (Å²) in [6.07, 6.45) is 2.31. The molecule has 2 heterocycles. The van der Waals surface area contributed by atoms with Crippen LogP contribution >= 0.6 is 0 Å². The smallest absolute Gasteiger partial charge is 0.321 e. The summed E-state index contributed by atoms with van der Waals surface area (Å²) in [5, 5.41) is 12.1. The van der Waals surface area contributed by atoms with Gasteiger partial charge in [0.05, 0.1) is 5.92 Å². The lowest BCUT2D eigenvalue weighted by atomic mass is 9.91. The molecule has 2 aromatic rings. The maximum Gasteiger partial charge on any atom is 0.321 e. The number of rotatable bonds is 3. The number of aryl methyl sites for hydroxylation is 1. The number of carbonyl (C=O) groups is 2. The van der Waals surface area contributed by atoms with Gasteiger partial charge < -0.3 is 15.3 Å². The fraction of sp³-hybridized carbons (Fsp3) is 0.368. The van der Waals surface area contributed by atoms with E-state index < -0.39 is 11.9 Å². The average Bonchev–Trinajstić information content (AvgIpc) is 2.61. The Balaban J connectivity index is 1.67. The van der Waals surface area contributed by atoms with Crippen molar-refractivity contribution in [2.24, 2.45) is 11.8 Å². The normalized spacial score (nSPS) is 19.8. The lowest BCUT2D eigenvalue weighted by Gasteiger charge is -2.34. The van der Waals surface area contributed by atoms with Crippen LogP contribution in [-0.4, -0.2) is 45.1 Å². The number of carboxylic acids is 1. The molecule has 0 aliphatic carbocycles. The zero-order chi connectivity index (χ0) is 18.7. The molecule has 1 aromatic carbocycles. The van der Waals surface area contributed by atoms with Crippen LogP contribution < -0.4 is 5.32 Å². The fourth-order valence-electron chi connectivity index (χ4n) is 3.19. The number of hydrogen-bond acceptors (Lipinski definition) is 4.